The average Bonchev–Trinajstić information content (AvgIpc) is 3.36. The average molecular weight is 451 g/mol. The van der Waals surface area contributed by atoms with Crippen molar-refractivity contribution < 1.29 is 20.8 Å². The number of carbonyl (C=O) groups excluding carboxylic acids is 1. The van der Waals surface area contributed by atoms with Gasteiger partial charge in [-0.2, -0.15) is 0 Å². The Bertz CT molecular complexity index is 1160. The lowest BCUT2D eigenvalue weighted by Crippen LogP contribution is -2.49. The van der Waals surface area contributed by atoms with Gasteiger partial charge in [-0.15, -0.1) is 0 Å². The second kappa shape index (κ2) is 9.23. The molecule has 33 heavy (non-hydrogen) atoms. The second-order valence-electron chi connectivity index (χ2n) is 8.69. The van der Waals surface area contributed by atoms with E-state index < -0.39 is 0 Å². The first-order valence-corrected chi connectivity index (χ1v) is 11.4. The number of hydrogen-bond acceptors (Lipinski definition) is 7. The molecule has 2 aliphatic heterocycles. The van der Waals surface area contributed by atoms with Gasteiger partial charge < -0.3 is 24.4 Å². The van der Waals surface area contributed by atoms with Gasteiger partial charge in [0.2, 0.25) is 0 Å². The summed E-state index contributed by atoms with van der Waals surface area (Å²) >= 11 is 0. The van der Waals surface area contributed by atoms with E-state index in [1.165, 1.54) is 0 Å². The van der Waals surface area contributed by atoms with Crippen LogP contribution in [0.4, 0.5) is 10.6 Å². The number of aryl methyl sites for hydroxylation is 1. The third-order valence-electron chi connectivity index (χ3n) is 6.28. The maximum absolute atomic E-state index is 12.5. The number of anilines is 1. The molecule has 3 heterocycles. The van der Waals surface area contributed by atoms with E-state index in [2.05, 4.69) is 11.0 Å². The number of ether oxygens (including phenoxy) is 2. The van der Waals surface area contributed by atoms with E-state index in [1.54, 1.807) is 17.0 Å². The van der Waals surface area contributed by atoms with Crippen LogP contribution in [-0.2, 0) is 9.47 Å². The van der Waals surface area contributed by atoms with Crippen molar-refractivity contribution in [1.29, 1.82) is 0 Å². The number of phenols is 1. The van der Waals surface area contributed by atoms with Gasteiger partial charge in [0.15, 0.2) is 5.82 Å². The largest absolute Gasteiger partial charge is 0.507 e. The number of rotatable bonds is 4. The van der Waals surface area contributed by atoms with Crippen molar-refractivity contribution in [2.45, 2.75) is 13.3 Å². The lowest BCUT2D eigenvalue weighted by atomic mass is 10.1. The molecule has 0 saturated carbocycles. The minimum Gasteiger partial charge on any atom is -0.507 e. The smallest absolute Gasteiger partial charge is 0.409 e. The van der Waals surface area contributed by atoms with Gasteiger partial charge >= 0.3 is 6.09 Å². The molecule has 3 aromatic rings. The molecule has 0 radical (unpaired) electrons. The number of carbonyl (C=O) groups is 1. The van der Waals surface area contributed by atoms with E-state index in [4.69, 9.17) is 19.4 Å². The van der Waals surface area contributed by atoms with Crippen molar-refractivity contribution in [3.63, 3.8) is 0 Å². The molecule has 8 heteroatoms. The maximum atomic E-state index is 12.5. The zero-order valence-corrected chi connectivity index (χ0v) is 18.7. The molecule has 5 rings (SSSR count). The first kappa shape index (κ1) is 21.5. The fourth-order valence-electron chi connectivity index (χ4n) is 4.34. The van der Waals surface area contributed by atoms with Gasteiger partial charge in [0.25, 0.3) is 0 Å². The van der Waals surface area contributed by atoms with E-state index in [1.807, 2.05) is 31.2 Å². The molecule has 0 spiro atoms. The molecular weight excluding hydrogens is 420 g/mol. The Morgan fingerprint density at radius 2 is 2.00 bits per heavy atom. The van der Waals surface area contributed by atoms with Gasteiger partial charge in [0.05, 0.1) is 24.3 Å². The Labute approximate surface area is 194 Å². The summed E-state index contributed by atoms with van der Waals surface area (Å²) in [5.74, 6) is 1.76. The third kappa shape index (κ3) is 4.57. The first-order valence-electron chi connectivity index (χ1n) is 11.4. The molecular formula is C25H30N4O4. The highest BCUT2D eigenvalue weighted by Crippen LogP contribution is 2.32. The van der Waals surface area contributed by atoms with Gasteiger partial charge in [-0.05, 0) is 43.2 Å². The van der Waals surface area contributed by atoms with E-state index >= 15 is 0 Å². The predicted octanol–water partition coefficient (Wildman–Crippen LogP) is 3.85. The number of piperazine rings is 1. The van der Waals surface area contributed by atoms with Crippen LogP contribution in [0.3, 0.4) is 0 Å². The van der Waals surface area contributed by atoms with Crippen LogP contribution in [0.5, 0.6) is 5.75 Å². The number of nitrogens with zero attached hydrogens (tertiary/aromatic N) is 4. The van der Waals surface area contributed by atoms with Gasteiger partial charge in [-0.3, -0.25) is 0 Å². The summed E-state index contributed by atoms with van der Waals surface area (Å²) < 4.78 is 10.9. The Kier molecular flexibility index (Phi) is 6.00. The van der Waals surface area contributed by atoms with Crippen molar-refractivity contribution >= 4 is 22.8 Å². The second-order valence-corrected chi connectivity index (χ2v) is 8.69. The summed E-state index contributed by atoms with van der Waals surface area (Å²) in [7, 11) is 0. The van der Waals surface area contributed by atoms with Gasteiger partial charge in [0.1, 0.15) is 11.6 Å². The molecule has 1 N–H and O–H groups in total. The molecule has 1 amide bonds. The molecule has 2 saturated heterocycles. The summed E-state index contributed by atoms with van der Waals surface area (Å²) in [4.78, 5) is 26.0. The third-order valence-corrected chi connectivity index (χ3v) is 6.28. The minimum atomic E-state index is -0.264. The fourth-order valence-corrected chi connectivity index (χ4v) is 4.34. The molecule has 8 nitrogen and oxygen atoms in total. The topological polar surface area (TPSA) is 88.0 Å². The highest BCUT2D eigenvalue weighted by Gasteiger charge is 2.26. The van der Waals surface area contributed by atoms with Crippen LogP contribution in [0.15, 0.2) is 42.5 Å². The molecule has 174 valence electrons. The summed E-state index contributed by atoms with van der Waals surface area (Å²) in [6.45, 7) is 6.26. The van der Waals surface area contributed by atoms with E-state index in [0.29, 0.717) is 56.7 Å². The first-order chi connectivity index (χ1) is 16.1. The Hall–Kier alpha value is -3.39. The molecule has 1 aromatic heterocycles. The van der Waals surface area contributed by atoms with Crippen LogP contribution >= 0.6 is 0 Å². The molecule has 0 aliphatic carbocycles. The van der Waals surface area contributed by atoms with Crippen LogP contribution in [0.1, 0.15) is 13.4 Å². The number of fused-ring (bicyclic) bond motifs is 1. The highest BCUT2D eigenvalue weighted by atomic mass is 16.6. The maximum Gasteiger partial charge on any atom is 0.409 e. The summed E-state index contributed by atoms with van der Waals surface area (Å²) in [6, 6.07) is 13.2. The van der Waals surface area contributed by atoms with Crippen LogP contribution in [0, 0.1) is 12.8 Å². The highest BCUT2D eigenvalue weighted by molar-refractivity contribution is 5.92. The number of benzene rings is 2. The van der Waals surface area contributed by atoms with Crippen LogP contribution in [0.25, 0.3) is 22.3 Å². The van der Waals surface area contributed by atoms with Crippen molar-refractivity contribution in [2.24, 2.45) is 5.92 Å². The Morgan fingerprint density at radius 1 is 1.18 bits per heavy atom. The van der Waals surface area contributed by atoms with Gasteiger partial charge in [0, 0.05) is 45.5 Å². The minimum absolute atomic E-state index is 0. The van der Waals surface area contributed by atoms with Gasteiger partial charge in [-0.1, -0.05) is 18.2 Å². The van der Waals surface area contributed by atoms with Gasteiger partial charge in [-0.25, -0.2) is 14.8 Å². The molecule has 2 aliphatic rings. The Morgan fingerprint density at radius 3 is 2.76 bits per heavy atom. The summed E-state index contributed by atoms with van der Waals surface area (Å²) in [5, 5.41) is 11.3. The van der Waals surface area contributed by atoms with Crippen molar-refractivity contribution in [3.8, 4) is 17.1 Å². The fraction of sp³-hybridized carbons (Fsp3) is 0.400. The van der Waals surface area contributed by atoms with E-state index in [-0.39, 0.29) is 13.3 Å². The molecule has 2 fully saturated rings. The quantitative estimate of drug-likeness (QED) is 0.646. The van der Waals surface area contributed by atoms with Crippen molar-refractivity contribution in [2.75, 3.05) is 50.9 Å². The standard InChI is InChI=1S/C25H28N4O4.H2/c1-17-6-7-19-21(14-17)26-23(20-4-2-3-5-22(20)30)27-24(19)28-9-11-29(12-10-28)25(31)33-16-18-8-13-32-15-18;/h2-7,14,18,30H,8-13,15-16H2,1H3;1H. The number of aromatic hydroxyl groups is 1. The lowest BCUT2D eigenvalue weighted by Gasteiger charge is -2.35. The van der Waals surface area contributed by atoms with E-state index in [0.717, 1.165) is 35.3 Å². The van der Waals surface area contributed by atoms with Crippen LogP contribution < -0.4 is 4.90 Å². The summed E-state index contributed by atoms with van der Waals surface area (Å²) in [5.41, 5.74) is 2.54. The van der Waals surface area contributed by atoms with Crippen LogP contribution in [-0.4, -0.2) is 72.1 Å². The normalized spacial score (nSPS) is 18.6. The van der Waals surface area contributed by atoms with Crippen molar-refractivity contribution in [1.82, 2.24) is 14.9 Å². The molecule has 0 bridgehead atoms. The zero-order valence-electron chi connectivity index (χ0n) is 18.7. The number of hydrogen-bond donors (Lipinski definition) is 1. The molecule has 1 unspecified atom stereocenters. The summed E-state index contributed by atoms with van der Waals surface area (Å²) in [6.07, 6.45) is 0.681. The lowest BCUT2D eigenvalue weighted by molar-refractivity contribution is 0.0815. The van der Waals surface area contributed by atoms with Crippen LogP contribution in [0.2, 0.25) is 0 Å². The zero-order chi connectivity index (χ0) is 22.8. The number of phenolic OH excluding ortho intramolecular Hbond substituents is 1. The Balaban J connectivity index is 0.00000274. The molecule has 2 aromatic carbocycles. The van der Waals surface area contributed by atoms with E-state index in [9.17, 15) is 9.90 Å². The van der Waals surface area contributed by atoms with Crippen molar-refractivity contribution in [3.05, 3.63) is 48.0 Å². The number of aromatic nitrogens is 2. The predicted molar refractivity (Wildman–Crippen MR) is 128 cm³/mol. The number of amides is 1. The monoisotopic (exact) mass is 450 g/mol. The molecule has 1 atom stereocenters. The SMILES string of the molecule is Cc1ccc2c(N3CCN(C(=O)OCC4CCOC4)CC3)nc(-c3ccccc3O)nc2c1.[HH]. The number of para-hydroxylation sites is 1.